The minimum absolute atomic E-state index is 0.00567. The number of carbonyl (C=O) groups excluding carboxylic acids is 2. The predicted octanol–water partition coefficient (Wildman–Crippen LogP) is 7.56. The zero-order valence-electron chi connectivity index (χ0n) is 25.8. The van der Waals surface area contributed by atoms with Crippen LogP contribution in [0.15, 0.2) is 102 Å². The maximum Gasteiger partial charge on any atom is 0.264 e. The summed E-state index contributed by atoms with van der Waals surface area (Å²) in [6, 6.07) is 26.1. The lowest BCUT2D eigenvalue weighted by atomic mass is 10.0. The third-order valence-corrected chi connectivity index (χ3v) is 10.0. The summed E-state index contributed by atoms with van der Waals surface area (Å²) in [4.78, 5) is 29.8. The normalized spacial score (nSPS) is 12.1. The Balaban J connectivity index is 1.82. The first-order chi connectivity index (χ1) is 21.8. The van der Waals surface area contributed by atoms with E-state index in [1.54, 1.807) is 36.4 Å². The fourth-order valence-corrected chi connectivity index (χ4v) is 6.73. The van der Waals surface area contributed by atoms with Gasteiger partial charge in [0.25, 0.3) is 10.0 Å². The van der Waals surface area contributed by atoms with Crippen molar-refractivity contribution in [3.63, 3.8) is 0 Å². The smallest absolute Gasteiger partial charge is 0.264 e. The predicted molar refractivity (Wildman–Crippen MR) is 186 cm³/mol. The molecule has 4 aromatic carbocycles. The van der Waals surface area contributed by atoms with Crippen LogP contribution in [0.4, 0.5) is 5.69 Å². The maximum absolute atomic E-state index is 14.5. The Morgan fingerprint density at radius 3 is 2.11 bits per heavy atom. The first-order valence-corrected chi connectivity index (χ1v) is 17.3. The number of anilines is 1. The molecule has 242 valence electrons. The molecule has 1 N–H and O–H groups in total. The van der Waals surface area contributed by atoms with E-state index < -0.39 is 28.5 Å². The second-order valence-electron chi connectivity index (χ2n) is 11.4. The molecule has 1 unspecified atom stereocenters. The Morgan fingerprint density at radius 2 is 1.48 bits per heavy atom. The van der Waals surface area contributed by atoms with Crippen LogP contribution in [0, 0.1) is 12.8 Å². The van der Waals surface area contributed by atoms with Gasteiger partial charge in [0, 0.05) is 24.5 Å². The van der Waals surface area contributed by atoms with Crippen LogP contribution >= 0.6 is 34.8 Å². The van der Waals surface area contributed by atoms with Crippen molar-refractivity contribution < 1.29 is 18.0 Å². The van der Waals surface area contributed by atoms with Gasteiger partial charge in [-0.3, -0.25) is 13.9 Å². The van der Waals surface area contributed by atoms with Gasteiger partial charge in [-0.1, -0.05) is 109 Å². The molecule has 0 radical (unpaired) electrons. The molecule has 0 aliphatic carbocycles. The highest BCUT2D eigenvalue weighted by Crippen LogP contribution is 2.31. The topological polar surface area (TPSA) is 86.8 Å². The van der Waals surface area contributed by atoms with Crippen molar-refractivity contribution in [3.05, 3.63) is 129 Å². The average Bonchev–Trinajstić information content (AvgIpc) is 3.02. The van der Waals surface area contributed by atoms with Crippen LogP contribution in [0.1, 0.15) is 30.5 Å². The highest BCUT2D eigenvalue weighted by Gasteiger charge is 2.35. The lowest BCUT2D eigenvalue weighted by Crippen LogP contribution is -2.53. The summed E-state index contributed by atoms with van der Waals surface area (Å²) in [5, 5.41) is 3.80. The summed E-state index contributed by atoms with van der Waals surface area (Å²) in [5.41, 5.74) is 2.54. The first-order valence-electron chi connectivity index (χ1n) is 14.7. The molecule has 0 aromatic heterocycles. The number of rotatable bonds is 13. The summed E-state index contributed by atoms with van der Waals surface area (Å²) < 4.78 is 29.3. The molecule has 7 nitrogen and oxygen atoms in total. The molecule has 0 heterocycles. The van der Waals surface area contributed by atoms with Crippen molar-refractivity contribution in [2.24, 2.45) is 5.92 Å². The van der Waals surface area contributed by atoms with E-state index in [0.717, 1.165) is 15.4 Å². The number of carbonyl (C=O) groups is 2. The fourth-order valence-electron chi connectivity index (χ4n) is 4.81. The van der Waals surface area contributed by atoms with E-state index in [9.17, 15) is 18.0 Å². The zero-order valence-corrected chi connectivity index (χ0v) is 28.9. The molecule has 0 fully saturated rings. The van der Waals surface area contributed by atoms with Crippen LogP contribution in [-0.4, -0.2) is 44.3 Å². The number of amides is 2. The molecule has 0 bridgehead atoms. The Bertz CT molecular complexity index is 1770. The Kier molecular flexibility index (Phi) is 12.1. The van der Waals surface area contributed by atoms with Crippen LogP contribution in [0.2, 0.25) is 15.1 Å². The molecule has 0 aliphatic rings. The Labute approximate surface area is 286 Å². The number of hydrogen-bond acceptors (Lipinski definition) is 4. The van der Waals surface area contributed by atoms with Crippen LogP contribution in [0.5, 0.6) is 0 Å². The van der Waals surface area contributed by atoms with Gasteiger partial charge in [-0.15, -0.1) is 0 Å². The summed E-state index contributed by atoms with van der Waals surface area (Å²) in [5.74, 6) is -0.777. The van der Waals surface area contributed by atoms with Crippen molar-refractivity contribution in [3.8, 4) is 0 Å². The number of nitrogens with one attached hydrogen (secondary N) is 1. The third kappa shape index (κ3) is 9.26. The second kappa shape index (κ2) is 15.8. The van der Waals surface area contributed by atoms with E-state index in [-0.39, 0.29) is 45.4 Å². The summed E-state index contributed by atoms with van der Waals surface area (Å²) in [6.45, 7) is 5.60. The van der Waals surface area contributed by atoms with Gasteiger partial charge >= 0.3 is 0 Å². The highest BCUT2D eigenvalue weighted by atomic mass is 35.5. The van der Waals surface area contributed by atoms with Gasteiger partial charge in [-0.2, -0.15) is 0 Å². The Hall–Kier alpha value is -3.56. The van der Waals surface area contributed by atoms with Crippen LogP contribution in [-0.2, 0) is 32.6 Å². The molecule has 0 saturated carbocycles. The summed E-state index contributed by atoms with van der Waals surface area (Å²) >= 11 is 18.8. The van der Waals surface area contributed by atoms with E-state index >= 15 is 0 Å². The highest BCUT2D eigenvalue weighted by molar-refractivity contribution is 7.92. The van der Waals surface area contributed by atoms with Gasteiger partial charge < -0.3 is 10.2 Å². The van der Waals surface area contributed by atoms with Gasteiger partial charge in [0.15, 0.2) is 0 Å². The molecule has 1 atom stereocenters. The van der Waals surface area contributed by atoms with Crippen LogP contribution < -0.4 is 9.62 Å². The zero-order chi connectivity index (χ0) is 33.4. The van der Waals surface area contributed by atoms with Crippen LogP contribution in [0.25, 0.3) is 0 Å². The van der Waals surface area contributed by atoms with Crippen molar-refractivity contribution in [2.75, 3.05) is 17.4 Å². The molecule has 0 saturated heterocycles. The minimum Gasteiger partial charge on any atom is -0.354 e. The number of halogens is 3. The number of aryl methyl sites for hydroxylation is 1. The molecular weight excluding hydrogens is 665 g/mol. The van der Waals surface area contributed by atoms with E-state index in [1.807, 2.05) is 51.1 Å². The molecule has 2 amide bonds. The van der Waals surface area contributed by atoms with E-state index in [0.29, 0.717) is 17.1 Å². The SMILES string of the molecule is Cc1ccc(S(=O)(=O)N(CC(=O)N(Cc2cccc(Cl)c2)C(Cc2ccccc2)C(=O)NCC(C)C)c2ccc(Cl)c(Cl)c2)cc1. The average molecular weight is 701 g/mol. The number of benzene rings is 4. The quantitative estimate of drug-likeness (QED) is 0.156. The second-order valence-corrected chi connectivity index (χ2v) is 14.5. The minimum atomic E-state index is -4.27. The number of nitrogens with zero attached hydrogens (tertiary/aromatic N) is 2. The van der Waals surface area contributed by atoms with Gasteiger partial charge in [0.2, 0.25) is 11.8 Å². The standard InChI is InChI=1S/C35H36Cl3N3O4S/c1-24(2)21-39-35(43)33(19-26-8-5-4-6-9-26)40(22-27-10-7-11-28(36)18-27)34(42)23-41(29-14-17-31(37)32(38)20-29)46(44,45)30-15-12-25(3)13-16-30/h4-18,20,24,33H,19,21-23H2,1-3H3,(H,39,43). The van der Waals surface area contributed by atoms with Crippen molar-refractivity contribution >= 4 is 62.3 Å². The molecule has 4 rings (SSSR count). The van der Waals surface area contributed by atoms with Gasteiger partial charge in [-0.25, -0.2) is 8.42 Å². The molecule has 11 heteroatoms. The summed E-state index contributed by atoms with van der Waals surface area (Å²) in [7, 11) is -4.27. The van der Waals surface area contributed by atoms with E-state index in [1.165, 1.54) is 35.2 Å². The number of hydrogen-bond donors (Lipinski definition) is 1. The monoisotopic (exact) mass is 699 g/mol. The van der Waals surface area contributed by atoms with Gasteiger partial charge in [-0.05, 0) is 66.4 Å². The van der Waals surface area contributed by atoms with Crippen LogP contribution in [0.3, 0.4) is 0 Å². The molecule has 0 spiro atoms. The van der Waals surface area contributed by atoms with Gasteiger partial charge in [0.05, 0.1) is 20.6 Å². The van der Waals surface area contributed by atoms with Crippen molar-refractivity contribution in [2.45, 2.75) is 44.7 Å². The molecular formula is C35H36Cl3N3O4S. The summed E-state index contributed by atoms with van der Waals surface area (Å²) in [6.07, 6.45) is 0.203. The number of sulfonamides is 1. The Morgan fingerprint density at radius 1 is 0.804 bits per heavy atom. The van der Waals surface area contributed by atoms with E-state index in [2.05, 4.69) is 5.32 Å². The molecule has 4 aromatic rings. The first kappa shape index (κ1) is 35.3. The lowest BCUT2D eigenvalue weighted by Gasteiger charge is -2.34. The van der Waals surface area contributed by atoms with Crippen molar-refractivity contribution in [1.29, 1.82) is 0 Å². The maximum atomic E-state index is 14.5. The molecule has 0 aliphatic heterocycles. The third-order valence-electron chi connectivity index (χ3n) is 7.28. The molecule has 46 heavy (non-hydrogen) atoms. The van der Waals surface area contributed by atoms with Crippen molar-refractivity contribution in [1.82, 2.24) is 10.2 Å². The fraction of sp³-hybridized carbons (Fsp3) is 0.257. The largest absolute Gasteiger partial charge is 0.354 e. The lowest BCUT2D eigenvalue weighted by molar-refractivity contribution is -0.140. The van der Waals surface area contributed by atoms with E-state index in [4.69, 9.17) is 34.8 Å². The van der Waals surface area contributed by atoms with Gasteiger partial charge in [0.1, 0.15) is 12.6 Å².